The van der Waals surface area contributed by atoms with Gasteiger partial charge in [0.25, 0.3) is 0 Å². The summed E-state index contributed by atoms with van der Waals surface area (Å²) in [6.07, 6.45) is -0.0457. The fraction of sp³-hybridized carbons (Fsp3) is 0.172. The summed E-state index contributed by atoms with van der Waals surface area (Å²) in [5.41, 5.74) is 2.35. The maximum atomic E-state index is 10.0. The quantitative estimate of drug-likeness (QED) is 0.188. The first-order valence-electron chi connectivity index (χ1n) is 11.6. The molecule has 10 heteroatoms. The highest BCUT2D eigenvalue weighted by Crippen LogP contribution is 2.44. The Hall–Kier alpha value is -2.02. The molecule has 0 aliphatic carbocycles. The van der Waals surface area contributed by atoms with Crippen LogP contribution in [0.25, 0.3) is 11.1 Å². The molecule has 208 valence electrons. The predicted octanol–water partition coefficient (Wildman–Crippen LogP) is 10.7. The van der Waals surface area contributed by atoms with Gasteiger partial charge < -0.3 is 20.1 Å². The van der Waals surface area contributed by atoms with E-state index < -0.39 is 0 Å². The Morgan fingerprint density at radius 1 is 0.590 bits per heavy atom. The Balaban J connectivity index is 0.000000250. The number of halogens is 6. The minimum Gasteiger partial charge on any atom is -0.507 e. The molecule has 0 spiro atoms. The Morgan fingerprint density at radius 3 is 1.44 bits per heavy atom. The van der Waals surface area contributed by atoms with Crippen molar-refractivity contribution in [3.8, 4) is 28.4 Å². The highest BCUT2D eigenvalue weighted by atomic mass is 35.5. The highest BCUT2D eigenvalue weighted by molar-refractivity contribution is 6.45. The van der Waals surface area contributed by atoms with Crippen LogP contribution >= 0.6 is 69.6 Å². The molecule has 0 heterocycles. The Labute approximate surface area is 258 Å². The topological polar surface area (TPSA) is 69.9 Å². The van der Waals surface area contributed by atoms with Crippen LogP contribution in [0.4, 0.5) is 0 Å². The van der Waals surface area contributed by atoms with Crippen molar-refractivity contribution < 1.29 is 20.1 Å². The van der Waals surface area contributed by atoms with Gasteiger partial charge in [-0.25, -0.2) is 0 Å². The zero-order valence-corrected chi connectivity index (χ0v) is 25.5. The van der Waals surface area contributed by atoms with Gasteiger partial charge in [-0.15, -0.1) is 0 Å². The van der Waals surface area contributed by atoms with E-state index in [-0.39, 0.29) is 59.2 Å². The number of rotatable bonds is 5. The van der Waals surface area contributed by atoms with Crippen LogP contribution in [0.5, 0.6) is 17.2 Å². The molecule has 4 nitrogen and oxygen atoms in total. The number of benzene rings is 4. The third kappa shape index (κ3) is 9.26. The van der Waals surface area contributed by atoms with Crippen LogP contribution in [-0.4, -0.2) is 28.5 Å². The van der Waals surface area contributed by atoms with Gasteiger partial charge in [0.05, 0.1) is 30.1 Å². The van der Waals surface area contributed by atoms with Gasteiger partial charge in [0.1, 0.15) is 17.2 Å². The molecule has 0 aliphatic heterocycles. The molecule has 39 heavy (non-hydrogen) atoms. The van der Waals surface area contributed by atoms with E-state index in [0.29, 0.717) is 5.75 Å². The van der Waals surface area contributed by atoms with E-state index in [1.165, 1.54) is 12.1 Å². The molecular weight excluding hydrogens is 625 g/mol. The molecule has 4 aromatic rings. The van der Waals surface area contributed by atoms with E-state index in [1.807, 2.05) is 62.4 Å². The van der Waals surface area contributed by atoms with Crippen LogP contribution in [0.15, 0.2) is 66.7 Å². The summed E-state index contributed by atoms with van der Waals surface area (Å²) in [5, 5.41) is 30.2. The highest BCUT2D eigenvalue weighted by Gasteiger charge is 2.21. The second kappa shape index (κ2) is 16.3. The number of hydrogen-bond acceptors (Lipinski definition) is 4. The molecule has 0 radical (unpaired) electrons. The average Bonchev–Trinajstić information content (AvgIpc) is 2.92. The van der Waals surface area contributed by atoms with Gasteiger partial charge in [0.15, 0.2) is 0 Å². The van der Waals surface area contributed by atoms with E-state index in [1.54, 1.807) is 6.07 Å². The predicted molar refractivity (Wildman–Crippen MR) is 165 cm³/mol. The molecule has 0 atom stereocenters. The first-order chi connectivity index (χ1) is 18.5. The first-order valence-corrected chi connectivity index (χ1v) is 13.9. The van der Waals surface area contributed by atoms with Gasteiger partial charge >= 0.3 is 0 Å². The lowest BCUT2D eigenvalue weighted by atomic mass is 10.0. The third-order valence-corrected chi connectivity index (χ3v) is 7.46. The van der Waals surface area contributed by atoms with Crippen LogP contribution in [0.2, 0.25) is 30.1 Å². The number of aromatic hydroxyl groups is 3. The van der Waals surface area contributed by atoms with E-state index >= 15 is 0 Å². The maximum Gasteiger partial charge on any atom is 0.139 e. The van der Waals surface area contributed by atoms with Crippen molar-refractivity contribution >= 4 is 69.6 Å². The standard InChI is InChI=1S/C13H6Cl6O2.C12H10O.C4H10O/c14-6-2-8(16)12(20)4(10(6)18)1-5-11(19)7(15)3-9(17)13(5)21;13-12-9-5-4-8-11(12)10-6-2-1-3-7-10;1-3-5-4-2/h2-3,20-21H,1H2;1-9,13H;3-4H2,1-2H3. The Kier molecular flexibility index (Phi) is 13.9. The molecule has 0 unspecified atom stereocenters. The van der Waals surface area contributed by atoms with Crippen molar-refractivity contribution in [2.75, 3.05) is 13.2 Å². The average molecular weight is 651 g/mol. The molecule has 0 amide bonds. The zero-order chi connectivity index (χ0) is 29.1. The lowest BCUT2D eigenvalue weighted by Crippen LogP contribution is -1.95. The lowest BCUT2D eigenvalue weighted by molar-refractivity contribution is 0.162. The van der Waals surface area contributed by atoms with Crippen molar-refractivity contribution in [3.05, 3.63) is 108 Å². The van der Waals surface area contributed by atoms with Crippen LogP contribution in [0.1, 0.15) is 25.0 Å². The number of phenolic OH excluding ortho intramolecular Hbond substituents is 3. The summed E-state index contributed by atoms with van der Waals surface area (Å²) < 4.78 is 4.83. The van der Waals surface area contributed by atoms with Gasteiger partial charge in [0, 0.05) is 36.3 Å². The summed E-state index contributed by atoms with van der Waals surface area (Å²) >= 11 is 35.7. The minimum absolute atomic E-state index is 0.0307. The molecule has 0 saturated carbocycles. The fourth-order valence-corrected chi connectivity index (χ4v) is 4.74. The summed E-state index contributed by atoms with van der Waals surface area (Å²) in [5.74, 6) is -0.177. The lowest BCUT2D eigenvalue weighted by Gasteiger charge is -2.14. The Morgan fingerprint density at radius 2 is 1.03 bits per heavy atom. The van der Waals surface area contributed by atoms with Crippen LogP contribution in [0.3, 0.4) is 0 Å². The van der Waals surface area contributed by atoms with Crippen molar-refractivity contribution in [2.24, 2.45) is 0 Å². The number of ether oxygens (including phenoxy) is 1. The zero-order valence-electron chi connectivity index (χ0n) is 21.0. The molecule has 3 N–H and O–H groups in total. The minimum atomic E-state index is -0.252. The first kappa shape index (κ1) is 33.2. The van der Waals surface area contributed by atoms with Crippen LogP contribution in [-0.2, 0) is 11.2 Å². The summed E-state index contributed by atoms with van der Waals surface area (Å²) in [4.78, 5) is 0. The van der Waals surface area contributed by atoms with E-state index in [2.05, 4.69) is 0 Å². The van der Waals surface area contributed by atoms with Crippen molar-refractivity contribution in [2.45, 2.75) is 20.3 Å². The van der Waals surface area contributed by atoms with Gasteiger partial charge in [-0.3, -0.25) is 0 Å². The largest absolute Gasteiger partial charge is 0.507 e. The summed E-state index contributed by atoms with van der Waals surface area (Å²) in [6, 6.07) is 19.8. The SMILES string of the molecule is CCOCC.Oc1c(Cl)cc(Cl)c(Cl)c1Cc1c(O)c(Cl)cc(Cl)c1Cl.Oc1ccccc1-c1ccccc1. The molecule has 0 fully saturated rings. The van der Waals surface area contributed by atoms with Crippen LogP contribution < -0.4 is 0 Å². The number of phenols is 3. The molecule has 0 saturated heterocycles. The second-order valence-corrected chi connectivity index (χ2v) is 10.2. The maximum absolute atomic E-state index is 10.0. The van der Waals surface area contributed by atoms with Gasteiger partial charge in [-0.05, 0) is 37.6 Å². The van der Waals surface area contributed by atoms with Crippen molar-refractivity contribution in [3.63, 3.8) is 0 Å². The molecule has 0 aromatic heterocycles. The fourth-order valence-electron chi connectivity index (χ4n) is 3.31. The Bertz CT molecular complexity index is 1260. The third-order valence-electron chi connectivity index (χ3n) is 5.23. The number of hydrogen-bond donors (Lipinski definition) is 3. The van der Waals surface area contributed by atoms with Gasteiger partial charge in [-0.2, -0.15) is 0 Å². The smallest absolute Gasteiger partial charge is 0.139 e. The van der Waals surface area contributed by atoms with Crippen molar-refractivity contribution in [1.29, 1.82) is 0 Å². The molecule has 0 bridgehead atoms. The van der Waals surface area contributed by atoms with E-state index in [4.69, 9.17) is 74.3 Å². The van der Waals surface area contributed by atoms with E-state index in [9.17, 15) is 15.3 Å². The summed E-state index contributed by atoms with van der Waals surface area (Å²) in [7, 11) is 0. The molecule has 4 rings (SSSR count). The van der Waals surface area contributed by atoms with E-state index in [0.717, 1.165) is 24.3 Å². The van der Waals surface area contributed by atoms with Gasteiger partial charge in [0.2, 0.25) is 0 Å². The monoisotopic (exact) mass is 648 g/mol. The van der Waals surface area contributed by atoms with Crippen molar-refractivity contribution in [1.82, 2.24) is 0 Å². The molecule has 0 aliphatic rings. The van der Waals surface area contributed by atoms with Gasteiger partial charge in [-0.1, -0.05) is 118 Å². The normalized spacial score (nSPS) is 10.3. The number of para-hydroxylation sites is 1. The molecule has 4 aromatic carbocycles. The molecular formula is C29H26Cl6O4. The second-order valence-electron chi connectivity index (χ2n) is 7.80. The van der Waals surface area contributed by atoms with Crippen LogP contribution in [0, 0.1) is 0 Å². The summed E-state index contributed by atoms with van der Waals surface area (Å²) in [6.45, 7) is 5.67.